The zero-order valence-corrected chi connectivity index (χ0v) is 27.4. The van der Waals surface area contributed by atoms with E-state index < -0.39 is 12.3 Å². The van der Waals surface area contributed by atoms with Crippen LogP contribution in [0.5, 0.6) is 11.5 Å². The van der Waals surface area contributed by atoms with Gasteiger partial charge in [0.25, 0.3) is 0 Å². The number of Topliss-reactive ketones (excluding diaryl/α,β-unsaturated/α-hetero) is 1. The standard InChI is InChI=1S/C37H52N4O5/c1-3-5-7-9-30(33(43)10-8-6-4-2)34(44)15-11-25-12-16-35(45)36(17-25)46-24-41-21-31-29(20-40-32(31)22-41)19-28-18-26(37(38)39)13-14-27(28)23-42/h12-14,16-18,20-22,30,33,37,40,42-43,45H,3-11,15,19,23-24,38-39H2,1-2H3. The number of nitrogens with zero attached hydrogens (tertiary/aromatic N) is 1. The van der Waals surface area contributed by atoms with E-state index in [1.54, 1.807) is 12.1 Å². The lowest BCUT2D eigenvalue weighted by Gasteiger charge is -2.22. The number of hydrogen-bond donors (Lipinski definition) is 6. The zero-order chi connectivity index (χ0) is 33.1. The van der Waals surface area contributed by atoms with Gasteiger partial charge in [-0.15, -0.1) is 0 Å². The van der Waals surface area contributed by atoms with Gasteiger partial charge < -0.3 is 41.1 Å². The van der Waals surface area contributed by atoms with Crippen molar-refractivity contribution in [3.8, 4) is 11.5 Å². The second-order valence-electron chi connectivity index (χ2n) is 12.5. The van der Waals surface area contributed by atoms with Gasteiger partial charge in [0.2, 0.25) is 0 Å². The van der Waals surface area contributed by atoms with E-state index in [9.17, 15) is 20.1 Å². The molecular formula is C37H52N4O5. The number of aliphatic hydroxyl groups excluding tert-OH is 2. The zero-order valence-electron chi connectivity index (χ0n) is 27.4. The number of aliphatic hydroxyl groups is 2. The third-order valence-electron chi connectivity index (χ3n) is 8.95. The van der Waals surface area contributed by atoms with Crippen molar-refractivity contribution in [1.82, 2.24) is 9.55 Å². The number of carbonyl (C=O) groups is 1. The van der Waals surface area contributed by atoms with E-state index in [1.807, 2.05) is 47.4 Å². The number of phenols is 1. The van der Waals surface area contributed by atoms with Crippen molar-refractivity contribution in [2.75, 3.05) is 0 Å². The van der Waals surface area contributed by atoms with Gasteiger partial charge in [-0.3, -0.25) is 4.79 Å². The lowest BCUT2D eigenvalue weighted by atomic mass is 9.86. The molecule has 4 aromatic rings. The highest BCUT2D eigenvalue weighted by atomic mass is 16.5. The molecule has 0 saturated heterocycles. The summed E-state index contributed by atoms with van der Waals surface area (Å²) >= 11 is 0. The van der Waals surface area contributed by atoms with Crippen LogP contribution in [0.3, 0.4) is 0 Å². The van der Waals surface area contributed by atoms with Crippen LogP contribution in [0, 0.1) is 5.92 Å². The second kappa shape index (κ2) is 17.3. The summed E-state index contributed by atoms with van der Waals surface area (Å²) in [5.41, 5.74) is 17.3. The van der Waals surface area contributed by atoms with Crippen LogP contribution in [0.4, 0.5) is 0 Å². The number of aromatic hydroxyl groups is 1. The highest BCUT2D eigenvalue weighted by Crippen LogP contribution is 2.30. The summed E-state index contributed by atoms with van der Waals surface area (Å²) in [6, 6.07) is 10.9. The largest absolute Gasteiger partial charge is 0.504 e. The summed E-state index contributed by atoms with van der Waals surface area (Å²) in [6.07, 6.45) is 13.7. The van der Waals surface area contributed by atoms with Crippen molar-refractivity contribution < 1.29 is 24.9 Å². The minimum Gasteiger partial charge on any atom is -0.504 e. The fourth-order valence-electron chi connectivity index (χ4n) is 6.13. The van der Waals surface area contributed by atoms with Gasteiger partial charge in [0, 0.05) is 36.3 Å². The quantitative estimate of drug-likeness (QED) is 0.0489. The maximum absolute atomic E-state index is 13.3. The molecule has 0 aliphatic rings. The van der Waals surface area contributed by atoms with E-state index >= 15 is 0 Å². The summed E-state index contributed by atoms with van der Waals surface area (Å²) in [5.74, 6) is 0.172. The number of fused-ring (bicyclic) bond motifs is 1. The summed E-state index contributed by atoms with van der Waals surface area (Å²) in [4.78, 5) is 16.6. The van der Waals surface area contributed by atoms with Gasteiger partial charge in [0.15, 0.2) is 18.2 Å². The Bertz CT molecular complexity index is 1540. The Morgan fingerprint density at radius 3 is 2.43 bits per heavy atom. The number of benzene rings is 2. The van der Waals surface area contributed by atoms with Gasteiger partial charge in [0.1, 0.15) is 5.78 Å². The Kier molecular flexibility index (Phi) is 13.3. The Morgan fingerprint density at radius 2 is 1.72 bits per heavy atom. The Labute approximate surface area is 272 Å². The SMILES string of the molecule is CCCCCC(O)C(CCCCC)C(=O)CCc1ccc(O)c(OCn2cc3[nH]cc(Cc4cc(C(N)N)ccc4CO)c3c2)c1. The fourth-order valence-corrected chi connectivity index (χ4v) is 6.13. The smallest absolute Gasteiger partial charge is 0.165 e. The van der Waals surface area contributed by atoms with Crippen LogP contribution < -0.4 is 16.2 Å². The molecule has 2 heterocycles. The molecule has 2 atom stereocenters. The Hall–Kier alpha value is -3.63. The van der Waals surface area contributed by atoms with Gasteiger partial charge >= 0.3 is 0 Å². The Balaban J connectivity index is 1.39. The van der Waals surface area contributed by atoms with Gasteiger partial charge in [0.05, 0.1) is 24.4 Å². The van der Waals surface area contributed by atoms with Gasteiger partial charge in [-0.2, -0.15) is 0 Å². The van der Waals surface area contributed by atoms with Crippen molar-refractivity contribution in [3.05, 3.63) is 82.8 Å². The molecule has 4 rings (SSSR count). The second-order valence-corrected chi connectivity index (χ2v) is 12.5. The van der Waals surface area contributed by atoms with E-state index in [0.717, 1.165) is 83.7 Å². The molecule has 0 aliphatic carbocycles. The fraction of sp³-hybridized carbons (Fsp3) is 0.486. The number of nitrogens with one attached hydrogen (secondary N) is 1. The molecular weight excluding hydrogens is 580 g/mol. The van der Waals surface area contributed by atoms with Gasteiger partial charge in [-0.25, -0.2) is 0 Å². The van der Waals surface area contributed by atoms with Crippen molar-refractivity contribution >= 4 is 16.7 Å². The molecule has 2 unspecified atom stereocenters. The number of ether oxygens (including phenoxy) is 1. The van der Waals surface area contributed by atoms with Crippen molar-refractivity contribution in [3.63, 3.8) is 0 Å². The van der Waals surface area contributed by atoms with E-state index in [0.29, 0.717) is 31.4 Å². The molecule has 0 aliphatic heterocycles. The monoisotopic (exact) mass is 632 g/mol. The molecule has 0 spiro atoms. The number of phenolic OH excluding ortho intramolecular Hbond substituents is 1. The molecule has 2 aromatic heterocycles. The Morgan fingerprint density at radius 1 is 0.957 bits per heavy atom. The molecule has 9 nitrogen and oxygen atoms in total. The third kappa shape index (κ3) is 9.45. The van der Waals surface area contributed by atoms with Crippen LogP contribution in [0.1, 0.15) is 106 Å². The lowest BCUT2D eigenvalue weighted by molar-refractivity contribution is -0.126. The van der Waals surface area contributed by atoms with Crippen LogP contribution in [0.2, 0.25) is 0 Å². The first-order valence-electron chi connectivity index (χ1n) is 16.8. The first kappa shape index (κ1) is 35.2. The minimum atomic E-state index is -0.591. The van der Waals surface area contributed by atoms with E-state index in [2.05, 4.69) is 18.8 Å². The minimum absolute atomic E-state index is 0.0341. The number of ketones is 1. The molecule has 2 aromatic carbocycles. The number of aromatic amines is 1. The number of hydrogen-bond acceptors (Lipinski definition) is 7. The highest BCUT2D eigenvalue weighted by molar-refractivity contribution is 5.83. The summed E-state index contributed by atoms with van der Waals surface area (Å²) in [7, 11) is 0. The number of carbonyl (C=O) groups excluding carboxylic acids is 1. The van der Waals surface area contributed by atoms with E-state index in [4.69, 9.17) is 16.2 Å². The molecule has 8 N–H and O–H groups in total. The normalized spacial score (nSPS) is 13.0. The van der Waals surface area contributed by atoms with Crippen LogP contribution >= 0.6 is 0 Å². The number of rotatable bonds is 20. The van der Waals surface area contributed by atoms with Gasteiger partial charge in [-0.05, 0) is 65.6 Å². The maximum atomic E-state index is 13.3. The highest BCUT2D eigenvalue weighted by Gasteiger charge is 2.25. The number of aryl methyl sites for hydroxylation is 1. The predicted octanol–water partition coefficient (Wildman–Crippen LogP) is 6.35. The number of unbranched alkanes of at least 4 members (excludes halogenated alkanes) is 4. The molecule has 0 fully saturated rings. The molecule has 9 heteroatoms. The summed E-state index contributed by atoms with van der Waals surface area (Å²) in [6.45, 7) is 4.39. The van der Waals surface area contributed by atoms with Crippen molar-refractivity contribution in [1.29, 1.82) is 0 Å². The summed E-state index contributed by atoms with van der Waals surface area (Å²) in [5, 5.41) is 32.2. The third-order valence-corrected chi connectivity index (χ3v) is 8.95. The van der Waals surface area contributed by atoms with E-state index in [-0.39, 0.29) is 30.8 Å². The van der Waals surface area contributed by atoms with Crippen LogP contribution in [0.15, 0.2) is 55.0 Å². The van der Waals surface area contributed by atoms with Crippen LogP contribution in [-0.4, -0.2) is 36.8 Å². The number of nitrogens with two attached hydrogens (primary N) is 2. The molecule has 250 valence electrons. The van der Waals surface area contributed by atoms with Gasteiger partial charge in [-0.1, -0.05) is 76.6 Å². The molecule has 0 bridgehead atoms. The first-order valence-corrected chi connectivity index (χ1v) is 16.8. The van der Waals surface area contributed by atoms with Crippen molar-refractivity contribution in [2.45, 2.75) is 110 Å². The predicted molar refractivity (Wildman–Crippen MR) is 182 cm³/mol. The molecule has 0 radical (unpaired) electrons. The molecule has 0 amide bonds. The molecule has 0 saturated carbocycles. The first-order chi connectivity index (χ1) is 22.2. The maximum Gasteiger partial charge on any atom is 0.165 e. The average molecular weight is 633 g/mol. The van der Waals surface area contributed by atoms with Crippen molar-refractivity contribution in [2.24, 2.45) is 17.4 Å². The van der Waals surface area contributed by atoms with Crippen LogP contribution in [-0.2, 0) is 31.0 Å². The van der Waals surface area contributed by atoms with Crippen LogP contribution in [0.25, 0.3) is 10.9 Å². The number of H-pyrrole nitrogens is 1. The molecule has 46 heavy (non-hydrogen) atoms. The summed E-state index contributed by atoms with van der Waals surface area (Å²) < 4.78 is 7.93. The number of aromatic nitrogens is 2. The van der Waals surface area contributed by atoms with E-state index in [1.165, 1.54) is 0 Å². The topological polar surface area (TPSA) is 160 Å². The average Bonchev–Trinajstić information content (AvgIpc) is 3.63. The lowest BCUT2D eigenvalue weighted by Crippen LogP contribution is -2.28.